The molecule has 1 N–H and O–H groups in total. The molecule has 18 heavy (non-hydrogen) atoms. The molecule has 0 bridgehead atoms. The predicted octanol–water partition coefficient (Wildman–Crippen LogP) is 3.72. The van der Waals surface area contributed by atoms with E-state index in [0.717, 1.165) is 21.5 Å². The highest BCUT2D eigenvalue weighted by atomic mass is 79.9. The Morgan fingerprint density at radius 3 is 2.78 bits per heavy atom. The van der Waals surface area contributed by atoms with E-state index in [0.29, 0.717) is 17.2 Å². The zero-order valence-corrected chi connectivity index (χ0v) is 12.7. The lowest BCUT2D eigenvalue weighted by Gasteiger charge is -2.10. The van der Waals surface area contributed by atoms with Crippen molar-refractivity contribution in [1.29, 1.82) is 0 Å². The number of thioether (sulfide) groups is 1. The first kappa shape index (κ1) is 13.6. The third-order valence-electron chi connectivity index (χ3n) is 2.99. The lowest BCUT2D eigenvalue weighted by molar-refractivity contribution is -0.112. The van der Waals surface area contributed by atoms with Gasteiger partial charge in [0.1, 0.15) is 0 Å². The van der Waals surface area contributed by atoms with Crippen molar-refractivity contribution in [1.82, 2.24) is 0 Å². The first-order valence-corrected chi connectivity index (χ1v) is 7.62. The number of amides is 1. The summed E-state index contributed by atoms with van der Waals surface area (Å²) in [6.45, 7) is 4.38. The maximum atomic E-state index is 11.5. The van der Waals surface area contributed by atoms with E-state index in [1.54, 1.807) is 17.8 Å². The van der Waals surface area contributed by atoms with E-state index in [-0.39, 0.29) is 0 Å². The highest BCUT2D eigenvalue weighted by molar-refractivity contribution is 9.10. The molecule has 1 aliphatic rings. The van der Waals surface area contributed by atoms with Gasteiger partial charge in [-0.1, -0.05) is 20.3 Å². The van der Waals surface area contributed by atoms with Crippen LogP contribution in [0.1, 0.15) is 30.6 Å². The number of rotatable bonds is 4. The molecule has 1 aliphatic heterocycles. The lowest BCUT2D eigenvalue weighted by Crippen LogP contribution is -2.12. The summed E-state index contributed by atoms with van der Waals surface area (Å²) in [5.41, 5.74) is 1.08. The third kappa shape index (κ3) is 2.62. The zero-order chi connectivity index (χ0) is 13.3. The van der Waals surface area contributed by atoms with Crippen molar-refractivity contribution in [2.45, 2.75) is 25.2 Å². The predicted molar refractivity (Wildman–Crippen MR) is 77.3 cm³/mol. The minimum Gasteiger partial charge on any atom is -0.318 e. The number of halogens is 1. The molecule has 96 valence electrons. The molecule has 1 aromatic carbocycles. The van der Waals surface area contributed by atoms with Gasteiger partial charge >= 0.3 is 0 Å². The summed E-state index contributed by atoms with van der Waals surface area (Å²) in [7, 11) is 0. The van der Waals surface area contributed by atoms with Crippen LogP contribution in [-0.2, 0) is 4.79 Å². The third-order valence-corrected chi connectivity index (χ3v) is 5.29. The number of ketones is 1. The van der Waals surface area contributed by atoms with Gasteiger partial charge in [-0.05, 0) is 34.0 Å². The van der Waals surface area contributed by atoms with E-state index in [1.165, 1.54) is 0 Å². The van der Waals surface area contributed by atoms with Gasteiger partial charge in [0.05, 0.1) is 11.3 Å². The first-order chi connectivity index (χ1) is 8.52. The summed E-state index contributed by atoms with van der Waals surface area (Å²) in [5, 5.41) is 2.59. The molecule has 1 heterocycles. The smallest absolute Gasteiger partial charge is 0.296 e. The second kappa shape index (κ2) is 5.45. The number of nitrogens with one attached hydrogen (secondary N) is 1. The van der Waals surface area contributed by atoms with Gasteiger partial charge in [-0.15, -0.1) is 11.8 Å². The Morgan fingerprint density at radius 1 is 1.39 bits per heavy atom. The molecule has 3 nitrogen and oxygen atoms in total. The van der Waals surface area contributed by atoms with Crippen molar-refractivity contribution < 1.29 is 9.59 Å². The normalized spacial score (nSPS) is 15.5. The van der Waals surface area contributed by atoms with Crippen molar-refractivity contribution in [3.8, 4) is 0 Å². The first-order valence-electron chi connectivity index (χ1n) is 5.85. The van der Waals surface area contributed by atoms with Crippen molar-refractivity contribution in [2.75, 3.05) is 11.1 Å². The average Bonchev–Trinajstić information content (AvgIpc) is 2.62. The molecule has 1 atom stereocenters. The van der Waals surface area contributed by atoms with Crippen LogP contribution in [0.3, 0.4) is 0 Å². The molecule has 5 heteroatoms. The van der Waals surface area contributed by atoms with Gasteiger partial charge in [-0.3, -0.25) is 9.59 Å². The van der Waals surface area contributed by atoms with Gasteiger partial charge in [0.2, 0.25) is 0 Å². The number of Topliss-reactive ketones (excluding diaryl/α,β-unsaturated/α-hetero) is 1. The second-order valence-corrected chi connectivity index (χ2v) is 6.35. The Bertz CT molecular complexity index is 516. The molecule has 1 amide bonds. The van der Waals surface area contributed by atoms with Crippen molar-refractivity contribution in [2.24, 2.45) is 5.92 Å². The molecule has 0 saturated carbocycles. The molecule has 2 rings (SSSR count). The fourth-order valence-electron chi connectivity index (χ4n) is 1.61. The molecule has 0 aliphatic carbocycles. The van der Waals surface area contributed by atoms with Crippen molar-refractivity contribution >= 4 is 45.1 Å². The minimum atomic E-state index is -0.541. The van der Waals surface area contributed by atoms with E-state index in [4.69, 9.17) is 0 Å². The Kier molecular flexibility index (Phi) is 4.12. The minimum absolute atomic E-state index is 0.454. The van der Waals surface area contributed by atoms with E-state index < -0.39 is 11.7 Å². The standard InChI is InChI=1S/C13H14BrNO2S/c1-3-7(2)6-18-11-5-10-8(4-9(11)14)12(16)13(17)15-10/h4-5,7H,3,6H2,1-2H3,(H,15,16,17). The molecule has 0 saturated heterocycles. The van der Waals surface area contributed by atoms with E-state index in [9.17, 15) is 9.59 Å². The Labute approximate surface area is 119 Å². The molecular formula is C13H14BrNO2S. The molecule has 0 aromatic heterocycles. The number of hydrogen-bond donors (Lipinski definition) is 1. The Balaban J connectivity index is 2.22. The number of benzene rings is 1. The average molecular weight is 328 g/mol. The van der Waals surface area contributed by atoms with Crippen molar-refractivity contribution in [3.05, 3.63) is 22.2 Å². The summed E-state index contributed by atoms with van der Waals surface area (Å²) >= 11 is 5.20. The topological polar surface area (TPSA) is 46.2 Å². The second-order valence-electron chi connectivity index (χ2n) is 4.44. The molecule has 0 spiro atoms. The fourth-order valence-corrected chi connectivity index (χ4v) is 3.39. The zero-order valence-electron chi connectivity index (χ0n) is 10.2. The van der Waals surface area contributed by atoms with E-state index in [2.05, 4.69) is 35.1 Å². The summed E-state index contributed by atoms with van der Waals surface area (Å²) < 4.78 is 0.874. The van der Waals surface area contributed by atoms with Gasteiger partial charge in [-0.25, -0.2) is 0 Å². The highest BCUT2D eigenvalue weighted by Gasteiger charge is 2.28. The molecule has 1 aromatic rings. The summed E-state index contributed by atoms with van der Waals surface area (Å²) in [6.07, 6.45) is 1.14. The van der Waals surface area contributed by atoms with E-state index >= 15 is 0 Å². The Morgan fingerprint density at radius 2 is 2.11 bits per heavy atom. The number of hydrogen-bond acceptors (Lipinski definition) is 3. The van der Waals surface area contributed by atoms with Crippen LogP contribution < -0.4 is 5.32 Å². The molecule has 0 fully saturated rings. The van der Waals surface area contributed by atoms with Crippen LogP contribution in [0.4, 0.5) is 5.69 Å². The SMILES string of the molecule is CCC(C)CSc1cc2c(cc1Br)C(=O)C(=O)N2. The number of fused-ring (bicyclic) bond motifs is 1. The van der Waals surface area contributed by atoms with Gasteiger partial charge in [0.15, 0.2) is 0 Å². The summed E-state index contributed by atoms with van der Waals surface area (Å²) in [4.78, 5) is 23.9. The van der Waals surface area contributed by atoms with Crippen LogP contribution in [0.15, 0.2) is 21.5 Å². The van der Waals surface area contributed by atoms with Gasteiger partial charge < -0.3 is 5.32 Å². The van der Waals surface area contributed by atoms with Crippen LogP contribution in [0.25, 0.3) is 0 Å². The van der Waals surface area contributed by atoms with Crippen LogP contribution in [-0.4, -0.2) is 17.4 Å². The highest BCUT2D eigenvalue weighted by Crippen LogP contribution is 2.36. The quantitative estimate of drug-likeness (QED) is 0.677. The van der Waals surface area contributed by atoms with Gasteiger partial charge in [0, 0.05) is 15.1 Å². The molecular weight excluding hydrogens is 314 g/mol. The number of carbonyl (C=O) groups is 2. The fraction of sp³-hybridized carbons (Fsp3) is 0.385. The Hall–Kier alpha value is -0.810. The molecule has 1 unspecified atom stereocenters. The van der Waals surface area contributed by atoms with Crippen molar-refractivity contribution in [3.63, 3.8) is 0 Å². The summed E-state index contributed by atoms with van der Waals surface area (Å²) in [5.74, 6) is 0.673. The maximum absolute atomic E-state index is 11.5. The lowest BCUT2D eigenvalue weighted by atomic mass is 10.1. The van der Waals surface area contributed by atoms with Gasteiger partial charge in [0.25, 0.3) is 11.7 Å². The van der Waals surface area contributed by atoms with E-state index in [1.807, 2.05) is 6.07 Å². The van der Waals surface area contributed by atoms with Crippen LogP contribution in [0.2, 0.25) is 0 Å². The number of carbonyl (C=O) groups excluding carboxylic acids is 2. The van der Waals surface area contributed by atoms with Crippen LogP contribution in [0, 0.1) is 5.92 Å². The van der Waals surface area contributed by atoms with Crippen LogP contribution in [0.5, 0.6) is 0 Å². The maximum Gasteiger partial charge on any atom is 0.296 e. The number of anilines is 1. The summed E-state index contributed by atoms with van der Waals surface area (Å²) in [6, 6.07) is 3.60. The molecule has 0 radical (unpaired) electrons. The van der Waals surface area contributed by atoms with Crippen LogP contribution >= 0.6 is 27.7 Å². The largest absolute Gasteiger partial charge is 0.318 e. The monoisotopic (exact) mass is 327 g/mol. The van der Waals surface area contributed by atoms with Gasteiger partial charge in [-0.2, -0.15) is 0 Å².